The highest BCUT2D eigenvalue weighted by atomic mass is 14.9. The third-order valence-electron chi connectivity index (χ3n) is 5.67. The molecule has 0 aliphatic heterocycles. The zero-order valence-electron chi connectivity index (χ0n) is 13.1. The molecule has 0 heterocycles. The molecule has 0 radical (unpaired) electrons. The van der Waals surface area contributed by atoms with Crippen molar-refractivity contribution in [3.05, 3.63) is 35.4 Å². The van der Waals surface area contributed by atoms with E-state index in [2.05, 4.69) is 43.6 Å². The summed E-state index contributed by atoms with van der Waals surface area (Å²) >= 11 is 0. The minimum Gasteiger partial charge on any atom is -0.316 e. The predicted molar refractivity (Wildman–Crippen MR) is 86.1 cm³/mol. The molecule has 0 aromatic heterocycles. The topological polar surface area (TPSA) is 12.0 Å². The first-order chi connectivity index (χ1) is 9.79. The van der Waals surface area contributed by atoms with E-state index in [0.29, 0.717) is 6.04 Å². The fourth-order valence-corrected chi connectivity index (χ4v) is 4.74. The molecule has 0 amide bonds. The van der Waals surface area contributed by atoms with Gasteiger partial charge in [-0.15, -0.1) is 0 Å². The third kappa shape index (κ3) is 2.79. The molecule has 4 unspecified atom stereocenters. The van der Waals surface area contributed by atoms with Crippen molar-refractivity contribution in [1.29, 1.82) is 0 Å². The second-order valence-electron chi connectivity index (χ2n) is 7.04. The largest absolute Gasteiger partial charge is 0.316 e. The quantitative estimate of drug-likeness (QED) is 0.852. The van der Waals surface area contributed by atoms with Crippen LogP contribution in [0.5, 0.6) is 0 Å². The lowest BCUT2D eigenvalue weighted by atomic mass is 9.70. The van der Waals surface area contributed by atoms with Crippen LogP contribution >= 0.6 is 0 Å². The van der Waals surface area contributed by atoms with E-state index in [9.17, 15) is 0 Å². The number of hydrogen-bond acceptors (Lipinski definition) is 1. The van der Waals surface area contributed by atoms with Gasteiger partial charge in [-0.05, 0) is 68.0 Å². The van der Waals surface area contributed by atoms with Gasteiger partial charge in [0.2, 0.25) is 0 Å². The summed E-state index contributed by atoms with van der Waals surface area (Å²) in [4.78, 5) is 0. The Hall–Kier alpha value is -0.820. The summed E-state index contributed by atoms with van der Waals surface area (Å²) in [6.45, 7) is 2.44. The molecule has 0 spiro atoms. The van der Waals surface area contributed by atoms with Crippen molar-refractivity contribution >= 4 is 0 Å². The number of aryl methyl sites for hydroxylation is 1. The van der Waals surface area contributed by atoms with Crippen LogP contribution in [0.3, 0.4) is 0 Å². The first-order valence-electron chi connectivity index (χ1n) is 8.54. The lowest BCUT2D eigenvalue weighted by Crippen LogP contribution is -2.42. The summed E-state index contributed by atoms with van der Waals surface area (Å²) in [5.74, 6) is 2.53. The van der Waals surface area contributed by atoms with Gasteiger partial charge in [-0.3, -0.25) is 0 Å². The summed E-state index contributed by atoms with van der Waals surface area (Å²) in [6.07, 6.45) is 9.73. The number of nitrogens with one attached hydrogen (secondary N) is 1. The van der Waals surface area contributed by atoms with Crippen LogP contribution in [-0.4, -0.2) is 13.1 Å². The maximum Gasteiger partial charge on any atom is 0.0161 e. The Balaban J connectivity index is 1.83. The van der Waals surface area contributed by atoms with E-state index in [1.807, 2.05) is 0 Å². The van der Waals surface area contributed by atoms with E-state index < -0.39 is 0 Å². The molecule has 2 aliphatic carbocycles. The van der Waals surface area contributed by atoms with Crippen LogP contribution < -0.4 is 5.32 Å². The van der Waals surface area contributed by atoms with Crippen molar-refractivity contribution in [2.75, 3.05) is 7.05 Å². The summed E-state index contributed by atoms with van der Waals surface area (Å²) in [7, 11) is 2.18. The van der Waals surface area contributed by atoms with Gasteiger partial charge < -0.3 is 5.32 Å². The molecule has 1 heteroatoms. The van der Waals surface area contributed by atoms with E-state index in [0.717, 1.165) is 17.8 Å². The molecule has 4 atom stereocenters. The lowest BCUT2D eigenvalue weighted by Gasteiger charge is -2.40. The van der Waals surface area contributed by atoms with Crippen LogP contribution in [0.25, 0.3) is 0 Å². The first-order valence-corrected chi connectivity index (χ1v) is 8.54. The number of benzene rings is 1. The number of likely N-dealkylation sites (N-methyl/N-ethyl adjacent to an activating group) is 1. The monoisotopic (exact) mass is 271 g/mol. The van der Waals surface area contributed by atoms with Crippen molar-refractivity contribution in [2.45, 2.75) is 63.8 Å². The molecule has 1 aromatic rings. The lowest BCUT2D eigenvalue weighted by molar-refractivity contribution is 0.201. The second-order valence-corrected chi connectivity index (χ2v) is 7.04. The molecule has 1 fully saturated rings. The average molecular weight is 271 g/mol. The summed E-state index contributed by atoms with van der Waals surface area (Å²) < 4.78 is 0. The number of hydrogen-bond donors (Lipinski definition) is 1. The zero-order chi connectivity index (χ0) is 13.9. The normalized spacial score (nSPS) is 31.6. The van der Waals surface area contributed by atoms with Crippen LogP contribution in [0.2, 0.25) is 0 Å². The fourth-order valence-electron chi connectivity index (χ4n) is 4.74. The molecule has 3 rings (SSSR count). The van der Waals surface area contributed by atoms with E-state index in [1.165, 1.54) is 44.9 Å². The highest BCUT2D eigenvalue weighted by Gasteiger charge is 2.34. The summed E-state index contributed by atoms with van der Waals surface area (Å²) in [6, 6.07) is 9.85. The highest BCUT2D eigenvalue weighted by Crippen LogP contribution is 2.40. The maximum absolute atomic E-state index is 3.70. The van der Waals surface area contributed by atoms with Gasteiger partial charge in [-0.2, -0.15) is 0 Å². The SMILES string of the molecule is CNC(C1CCCC(C)C1)C1CCCc2ccccc21. The standard InChI is InChI=1S/C19H29N/c1-14-7-5-10-16(13-14)19(20-2)18-12-6-9-15-8-3-4-11-17(15)18/h3-4,8,11,14,16,18-20H,5-7,9-10,12-13H2,1-2H3. The van der Waals surface area contributed by atoms with Crippen molar-refractivity contribution in [3.63, 3.8) is 0 Å². The Bertz CT molecular complexity index is 439. The van der Waals surface area contributed by atoms with Crippen molar-refractivity contribution in [2.24, 2.45) is 11.8 Å². The molecular weight excluding hydrogens is 242 g/mol. The Morgan fingerprint density at radius 2 is 1.95 bits per heavy atom. The van der Waals surface area contributed by atoms with Crippen LogP contribution in [0, 0.1) is 11.8 Å². The zero-order valence-corrected chi connectivity index (χ0v) is 13.1. The average Bonchev–Trinajstić information content (AvgIpc) is 2.48. The fraction of sp³-hybridized carbons (Fsp3) is 0.684. The van der Waals surface area contributed by atoms with Crippen molar-refractivity contribution < 1.29 is 0 Å². The number of rotatable bonds is 3. The Morgan fingerprint density at radius 1 is 1.10 bits per heavy atom. The Labute approximate surface area is 124 Å². The van der Waals surface area contributed by atoms with Crippen LogP contribution in [0.1, 0.15) is 62.5 Å². The Kier molecular flexibility index (Phi) is 4.45. The van der Waals surface area contributed by atoms with Gasteiger partial charge in [-0.25, -0.2) is 0 Å². The first kappa shape index (κ1) is 14.1. The molecular formula is C19H29N. The van der Waals surface area contributed by atoms with E-state index >= 15 is 0 Å². The smallest absolute Gasteiger partial charge is 0.0161 e. The van der Waals surface area contributed by atoms with Crippen molar-refractivity contribution in [1.82, 2.24) is 5.32 Å². The predicted octanol–water partition coefficient (Wildman–Crippen LogP) is 4.52. The third-order valence-corrected chi connectivity index (χ3v) is 5.67. The van der Waals surface area contributed by atoms with E-state index in [-0.39, 0.29) is 0 Å². The van der Waals surface area contributed by atoms with Gasteiger partial charge in [0.1, 0.15) is 0 Å². The Morgan fingerprint density at radius 3 is 2.75 bits per heavy atom. The van der Waals surface area contributed by atoms with Gasteiger partial charge >= 0.3 is 0 Å². The molecule has 1 aromatic carbocycles. The molecule has 1 saturated carbocycles. The molecule has 20 heavy (non-hydrogen) atoms. The summed E-state index contributed by atoms with van der Waals surface area (Å²) in [5.41, 5.74) is 3.24. The molecule has 2 aliphatic rings. The van der Waals surface area contributed by atoms with Gasteiger partial charge in [0.15, 0.2) is 0 Å². The van der Waals surface area contributed by atoms with Crippen molar-refractivity contribution in [3.8, 4) is 0 Å². The van der Waals surface area contributed by atoms with Crippen LogP contribution in [0.4, 0.5) is 0 Å². The number of fused-ring (bicyclic) bond motifs is 1. The maximum atomic E-state index is 3.70. The minimum absolute atomic E-state index is 0.680. The second kappa shape index (κ2) is 6.30. The van der Waals surface area contributed by atoms with Gasteiger partial charge in [0, 0.05) is 6.04 Å². The van der Waals surface area contributed by atoms with E-state index in [4.69, 9.17) is 0 Å². The molecule has 1 N–H and O–H groups in total. The van der Waals surface area contributed by atoms with Gasteiger partial charge in [0.25, 0.3) is 0 Å². The highest BCUT2D eigenvalue weighted by molar-refractivity contribution is 5.34. The van der Waals surface area contributed by atoms with Gasteiger partial charge in [0.05, 0.1) is 0 Å². The molecule has 0 saturated heterocycles. The molecule has 0 bridgehead atoms. The van der Waals surface area contributed by atoms with E-state index in [1.54, 1.807) is 11.1 Å². The molecule has 1 nitrogen and oxygen atoms in total. The summed E-state index contributed by atoms with van der Waals surface area (Å²) in [5, 5.41) is 3.70. The molecule has 110 valence electrons. The minimum atomic E-state index is 0.680. The van der Waals surface area contributed by atoms with Gasteiger partial charge in [-0.1, -0.05) is 44.0 Å². The van der Waals surface area contributed by atoms with Crippen LogP contribution in [0.15, 0.2) is 24.3 Å². The van der Waals surface area contributed by atoms with Crippen LogP contribution in [-0.2, 0) is 6.42 Å².